The number of aromatic nitrogens is 6. The number of rotatable bonds is 7. The average Bonchev–Trinajstić information content (AvgIpc) is 3.88. The summed E-state index contributed by atoms with van der Waals surface area (Å²) in [5.41, 5.74) is 7.74. The van der Waals surface area contributed by atoms with Crippen molar-refractivity contribution in [3.8, 4) is 28.6 Å². The summed E-state index contributed by atoms with van der Waals surface area (Å²) in [6.45, 7) is 0. The molecule has 0 aliphatic heterocycles. The van der Waals surface area contributed by atoms with E-state index in [1.807, 2.05) is 6.07 Å². The first kappa shape index (κ1) is 41.6. The van der Waals surface area contributed by atoms with Gasteiger partial charge in [-0.05, 0) is 24.3 Å². The molecule has 3 aromatic carbocycles. The molecule has 51 heavy (non-hydrogen) atoms. The van der Waals surface area contributed by atoms with Crippen molar-refractivity contribution in [2.75, 3.05) is 27.1 Å². The lowest BCUT2D eigenvalue weighted by molar-refractivity contribution is -0.385. The topological polar surface area (TPSA) is 204 Å². The van der Waals surface area contributed by atoms with Crippen molar-refractivity contribution >= 4 is 63.5 Å². The van der Waals surface area contributed by atoms with Gasteiger partial charge in [0.1, 0.15) is 45.4 Å². The third-order valence-corrected chi connectivity index (χ3v) is 6.96. The van der Waals surface area contributed by atoms with E-state index >= 15 is 0 Å². The molecule has 0 bridgehead atoms. The third-order valence-electron chi connectivity index (χ3n) is 6.05. The Balaban J connectivity index is 0.000000245. The number of nitrogen functional groups attached to an aromatic ring is 1. The fourth-order valence-corrected chi connectivity index (χ4v) is 4.36. The molecule has 3 aromatic heterocycles. The minimum atomic E-state index is -0.501. The number of nitrogens with one attached hydrogen (secondary N) is 1. The van der Waals surface area contributed by atoms with Crippen molar-refractivity contribution in [1.29, 1.82) is 0 Å². The molecule has 0 aliphatic carbocycles. The first-order valence-electron chi connectivity index (χ1n) is 13.6. The second-order valence-electron chi connectivity index (χ2n) is 9.23. The van der Waals surface area contributed by atoms with Crippen LogP contribution in [0.2, 0.25) is 20.5 Å². The monoisotopic (exact) mass is 781 g/mol. The van der Waals surface area contributed by atoms with Crippen molar-refractivity contribution in [3.05, 3.63) is 133 Å². The molecule has 20 heteroatoms. The van der Waals surface area contributed by atoms with Crippen molar-refractivity contribution in [1.82, 2.24) is 29.1 Å². The van der Waals surface area contributed by atoms with E-state index in [1.54, 1.807) is 59.4 Å². The summed E-state index contributed by atoms with van der Waals surface area (Å²) >= 11 is 22.4. The first-order chi connectivity index (χ1) is 23.9. The van der Waals surface area contributed by atoms with Gasteiger partial charge < -0.3 is 34.1 Å². The van der Waals surface area contributed by atoms with Crippen molar-refractivity contribution < 1.29 is 24.1 Å². The fourth-order valence-electron chi connectivity index (χ4n) is 3.76. The number of H-pyrrole nitrogens is 1. The van der Waals surface area contributed by atoms with Gasteiger partial charge >= 0.3 is 0 Å². The maximum absolute atomic E-state index is 10.6. The molecule has 3 heterocycles. The van der Waals surface area contributed by atoms with E-state index in [2.05, 4.69) is 19.9 Å². The maximum Gasteiger partial charge on any atom is 0.273 e. The minimum absolute atomic E-state index is 0. The van der Waals surface area contributed by atoms with Gasteiger partial charge in [-0.1, -0.05) is 53.8 Å². The number of imidazole rings is 3. The molecule has 0 aliphatic rings. The van der Waals surface area contributed by atoms with Crippen LogP contribution in [0.25, 0.3) is 11.4 Å². The highest BCUT2D eigenvalue weighted by Crippen LogP contribution is 2.29. The summed E-state index contributed by atoms with van der Waals surface area (Å²) in [5.74, 6) is 1.38. The number of hydrogen-bond donors (Lipinski definition) is 2. The Morgan fingerprint density at radius 1 is 0.725 bits per heavy atom. The lowest BCUT2D eigenvalue weighted by Gasteiger charge is -2.09. The average molecular weight is 783 g/mol. The van der Waals surface area contributed by atoms with Crippen LogP contribution >= 0.6 is 46.4 Å². The van der Waals surface area contributed by atoms with Crippen LogP contribution in [0.5, 0.6) is 17.2 Å². The lowest BCUT2D eigenvalue weighted by atomic mass is 10.2. The molecule has 270 valence electrons. The van der Waals surface area contributed by atoms with Crippen LogP contribution in [0.15, 0.2) is 92.2 Å². The van der Waals surface area contributed by atoms with Gasteiger partial charge in [-0.25, -0.2) is 15.0 Å². The van der Waals surface area contributed by atoms with Crippen LogP contribution in [-0.4, -0.2) is 60.2 Å². The number of nitro benzene ring substituents is 2. The van der Waals surface area contributed by atoms with Crippen LogP contribution in [0.4, 0.5) is 17.1 Å². The van der Waals surface area contributed by atoms with Crippen LogP contribution in [0.1, 0.15) is 7.43 Å². The third kappa shape index (κ3) is 12.4. The second kappa shape index (κ2) is 20.2. The van der Waals surface area contributed by atoms with Crippen LogP contribution in [0, 0.1) is 20.2 Å². The summed E-state index contributed by atoms with van der Waals surface area (Å²) in [6.07, 6.45) is 9.49. The number of ether oxygens (including phenoxy) is 3. The summed E-state index contributed by atoms with van der Waals surface area (Å²) in [5, 5.41) is 22.6. The smallest absolute Gasteiger partial charge is 0.273 e. The molecule has 0 saturated carbocycles. The van der Waals surface area contributed by atoms with E-state index in [4.69, 9.17) is 66.3 Å². The number of anilines is 1. The minimum Gasteiger partial charge on any atom is -0.495 e. The molecule has 0 fully saturated rings. The largest absolute Gasteiger partial charge is 0.495 e. The van der Waals surface area contributed by atoms with Crippen molar-refractivity contribution in [2.24, 2.45) is 0 Å². The number of hydrogen-bond acceptors (Lipinski definition) is 11. The zero-order chi connectivity index (χ0) is 36.8. The molecular weight excluding hydrogens is 752 g/mol. The summed E-state index contributed by atoms with van der Waals surface area (Å²) < 4.78 is 18.5. The van der Waals surface area contributed by atoms with Gasteiger partial charge in [-0.3, -0.25) is 20.2 Å². The molecule has 3 N–H and O–H groups in total. The van der Waals surface area contributed by atoms with E-state index in [-0.39, 0.29) is 18.8 Å². The highest BCUT2D eigenvalue weighted by molar-refractivity contribution is 6.32. The highest BCUT2D eigenvalue weighted by Gasteiger charge is 2.13. The quantitative estimate of drug-likeness (QED) is 0.0892. The molecule has 0 atom stereocenters. The highest BCUT2D eigenvalue weighted by atomic mass is 35.5. The number of methoxy groups -OCH3 is 3. The van der Waals surface area contributed by atoms with Gasteiger partial charge in [0.25, 0.3) is 11.4 Å². The van der Waals surface area contributed by atoms with E-state index in [0.717, 1.165) is 5.69 Å². The SMILES string of the molecule is C.COc1cc(N)ccc1-n1cnc(Cl)c1.COc1cc([N+](=O)[O-])ccc1-n1cnc(Cl)c1.COc1cc([N+](=O)[O-])ccc1Cl.Clc1cnc[nH]1. The molecule has 16 nitrogen and oxygen atoms in total. The molecule has 0 saturated heterocycles. The van der Waals surface area contributed by atoms with Gasteiger partial charge in [-0.15, -0.1) is 0 Å². The Bertz CT molecular complexity index is 2020. The Hall–Kier alpha value is -5.55. The molecular formula is C31H31Cl4N9O7. The number of aromatic amines is 1. The van der Waals surface area contributed by atoms with Crippen molar-refractivity contribution in [2.45, 2.75) is 7.43 Å². The van der Waals surface area contributed by atoms with Crippen LogP contribution in [0.3, 0.4) is 0 Å². The van der Waals surface area contributed by atoms with Gasteiger partial charge in [-0.2, -0.15) is 0 Å². The molecule has 0 unspecified atom stereocenters. The van der Waals surface area contributed by atoms with E-state index in [1.165, 1.54) is 57.2 Å². The zero-order valence-electron chi connectivity index (χ0n) is 26.2. The number of halogens is 4. The zero-order valence-corrected chi connectivity index (χ0v) is 29.3. The molecule has 0 amide bonds. The second-order valence-corrected chi connectivity index (χ2v) is 10.8. The van der Waals surface area contributed by atoms with E-state index < -0.39 is 9.85 Å². The maximum atomic E-state index is 10.6. The number of benzene rings is 3. The van der Waals surface area contributed by atoms with Gasteiger partial charge in [0.05, 0.1) is 72.2 Å². The number of nitrogens with zero attached hydrogens (tertiary/aromatic N) is 7. The number of non-ortho nitro benzene ring substituents is 2. The predicted octanol–water partition coefficient (Wildman–Crippen LogP) is 8.52. The summed E-state index contributed by atoms with van der Waals surface area (Å²) in [7, 11) is 4.45. The normalized spacial score (nSPS) is 9.71. The summed E-state index contributed by atoms with van der Waals surface area (Å²) in [4.78, 5) is 34.0. The Morgan fingerprint density at radius 2 is 1.20 bits per heavy atom. The van der Waals surface area contributed by atoms with Gasteiger partial charge in [0.15, 0.2) is 0 Å². The Morgan fingerprint density at radius 3 is 1.59 bits per heavy atom. The molecule has 6 rings (SSSR count). The van der Waals surface area contributed by atoms with E-state index in [9.17, 15) is 20.2 Å². The number of nitro groups is 2. The van der Waals surface area contributed by atoms with E-state index in [0.29, 0.717) is 49.1 Å². The predicted molar refractivity (Wildman–Crippen MR) is 196 cm³/mol. The standard InChI is InChI=1S/C10H8ClN3O3.C10H10ClN3O.C7H6ClNO3.C3H3ClN2.CH4/c1-17-9-4-7(14(15)16)2-3-8(9)13-5-10(11)12-6-13;1-15-9-4-7(12)2-3-8(9)14-5-10(11)13-6-14;1-12-7-4-5(9(10)11)2-3-6(7)8;4-3-1-5-2-6-3;/h2-6H,1H3;2-6H,12H2,1H3;2-4H,1H3;1-2H,(H,5,6);1H4. The Labute approximate surface area is 311 Å². The number of nitrogens with two attached hydrogens (primary N) is 1. The molecule has 6 aromatic rings. The molecule has 0 radical (unpaired) electrons. The first-order valence-corrected chi connectivity index (χ1v) is 15.1. The van der Waals surface area contributed by atoms with Gasteiger partial charge in [0.2, 0.25) is 0 Å². The van der Waals surface area contributed by atoms with Crippen LogP contribution < -0.4 is 19.9 Å². The summed E-state index contributed by atoms with van der Waals surface area (Å²) in [6, 6.07) is 13.8. The lowest BCUT2D eigenvalue weighted by Crippen LogP contribution is -1.97. The van der Waals surface area contributed by atoms with Gasteiger partial charge in [0, 0.05) is 36.3 Å². The van der Waals surface area contributed by atoms with Crippen LogP contribution in [-0.2, 0) is 0 Å². The molecule has 0 spiro atoms. The van der Waals surface area contributed by atoms with Crippen molar-refractivity contribution in [3.63, 3.8) is 0 Å². The fraction of sp³-hybridized carbons (Fsp3) is 0.129. The Kier molecular flexibility index (Phi) is 16.5.